The summed E-state index contributed by atoms with van der Waals surface area (Å²) in [5.74, 6) is -1.86. The van der Waals surface area contributed by atoms with Gasteiger partial charge in [0.1, 0.15) is 53.5 Å². The molecule has 21 heteroatoms. The number of hydrogen-bond donors (Lipinski definition) is 0. The number of aryl methyl sites for hydroxylation is 1. The maximum atomic E-state index is 11.8. The second-order valence-electron chi connectivity index (χ2n) is 29.3. The van der Waals surface area contributed by atoms with E-state index in [1.54, 1.807) is 152 Å². The Labute approximate surface area is 734 Å². The summed E-state index contributed by atoms with van der Waals surface area (Å²) in [5.41, 5.74) is 17.1. The van der Waals surface area contributed by atoms with E-state index in [0.717, 1.165) is 77.9 Å². The van der Waals surface area contributed by atoms with Crippen LogP contribution >= 0.6 is 0 Å². The van der Waals surface area contributed by atoms with E-state index in [9.17, 15) is 47.9 Å². The van der Waals surface area contributed by atoms with Crippen molar-refractivity contribution in [1.29, 1.82) is 0 Å². The molecule has 0 aliphatic rings. The molecule has 0 spiro atoms. The molecule has 0 fully saturated rings. The second kappa shape index (κ2) is 48.1. The topological polar surface area (TPSA) is 272 Å². The predicted octanol–water partition coefficient (Wildman–Crippen LogP) is 21.4. The standard InChI is InChI=1S/C28H30O6.C28H26O5.C27H24O4.C22H20O6/c1-18(2)26(29)32-16-22(17-33-27(30)19(3)4)15-21-7-9-23(10-8-21)24-11-13-25(14-12-24)34-28(31)20(5)6;1-19(2)27(29)32-17-16-31-25-12-8-21(9-13-25)23-6-5-7-24(18-23)22-10-14-26(15-11-22)33-28(30)20(3)4;1-17(2)26(28)30-23-11-6-20(7-12-23)22-10-15-25(19(5)16-22)21-8-13-24(14-9-21)31-27(29)18(3)4;1-14(2)21(24)26-13-20(23)27-18-9-5-16(6-10-18)17-7-11-19(12-8-17)28-22(25)15(3)4/h7-14,22H,1,3,5,15-17H2,2,4,6H3;5-15,18H,1,3,16-17H2,2,4H3;6-16H,1,3H2,2,4-5H3;5-12H,1,3,13H2,2,4H3. The Morgan fingerprint density at radius 2 is 0.508 bits per heavy atom. The Hall–Kier alpha value is -15.6. The molecule has 0 saturated heterocycles. The average Bonchev–Trinajstić information content (AvgIpc) is 0.816. The number of esters is 10. The number of benzene rings is 10. The van der Waals surface area contributed by atoms with Crippen LogP contribution in [0.4, 0.5) is 0 Å². The highest BCUT2D eigenvalue weighted by Gasteiger charge is 2.20. The van der Waals surface area contributed by atoms with Gasteiger partial charge in [-0.3, -0.25) is 0 Å². The number of hydrogen-bond acceptors (Lipinski definition) is 21. The highest BCUT2D eigenvalue weighted by molar-refractivity contribution is 5.93. The van der Waals surface area contributed by atoms with Crippen molar-refractivity contribution < 1.29 is 100 Å². The minimum absolute atomic E-state index is 0.0985. The first-order valence-electron chi connectivity index (χ1n) is 39.4. The average molecular weight is 1700 g/mol. The molecule has 0 radical (unpaired) electrons. The van der Waals surface area contributed by atoms with Crippen LogP contribution in [0.1, 0.15) is 73.4 Å². The van der Waals surface area contributed by atoms with E-state index in [0.29, 0.717) is 91.3 Å². The van der Waals surface area contributed by atoms with E-state index in [-0.39, 0.29) is 37.9 Å². The SMILES string of the molecule is C=C(C)C(=O)OCC(=O)Oc1ccc(-c2ccc(OC(=O)C(=C)C)cc2)cc1.C=C(C)C(=O)OCC(COC(=O)C(=C)C)Cc1ccc(-c2ccc(OC(=O)C(=C)C)cc2)cc1.C=C(C)C(=O)OCCOc1ccc(-c2cccc(-c3ccc(OC(=O)C(=C)C)cc3)c2)cc1.C=C(C)C(=O)Oc1ccc(-c2ccc(-c3ccc(OC(=O)C(=C)C)cc3)c(C)c2)cc1. The summed E-state index contributed by atoms with van der Waals surface area (Å²) in [6.07, 6.45) is 0.545. The first-order valence-corrected chi connectivity index (χ1v) is 39.4. The molecule has 21 nitrogen and oxygen atoms in total. The third-order valence-electron chi connectivity index (χ3n) is 17.8. The van der Waals surface area contributed by atoms with Crippen LogP contribution in [-0.2, 0) is 73.3 Å². The third kappa shape index (κ3) is 32.1. The van der Waals surface area contributed by atoms with Crippen molar-refractivity contribution in [1.82, 2.24) is 0 Å². The molecule has 0 heterocycles. The van der Waals surface area contributed by atoms with Gasteiger partial charge < -0.3 is 52.1 Å². The fraction of sp³-hybridized carbons (Fsp3) is 0.162. The molecule has 0 aliphatic carbocycles. The quantitative estimate of drug-likeness (QED) is 0.0121. The lowest BCUT2D eigenvalue weighted by Crippen LogP contribution is -2.23. The van der Waals surface area contributed by atoms with Crippen molar-refractivity contribution in [3.05, 3.63) is 357 Å². The van der Waals surface area contributed by atoms with Crippen LogP contribution in [0.5, 0.6) is 40.2 Å². The molecule has 0 saturated carbocycles. The van der Waals surface area contributed by atoms with Crippen molar-refractivity contribution in [3.63, 3.8) is 0 Å². The van der Waals surface area contributed by atoms with Crippen LogP contribution in [0.25, 0.3) is 66.8 Å². The van der Waals surface area contributed by atoms with Gasteiger partial charge in [-0.15, -0.1) is 0 Å². The zero-order chi connectivity index (χ0) is 92.3. The summed E-state index contributed by atoms with van der Waals surface area (Å²) in [6, 6.07) is 73.1. The lowest BCUT2D eigenvalue weighted by molar-refractivity contribution is -0.150. The summed E-state index contributed by atoms with van der Waals surface area (Å²) in [6.45, 7) is 48.5. The maximum Gasteiger partial charge on any atom is 0.349 e. The number of rotatable bonds is 33. The van der Waals surface area contributed by atoms with Crippen molar-refractivity contribution in [2.45, 2.75) is 75.7 Å². The van der Waals surface area contributed by atoms with Gasteiger partial charge in [-0.2, -0.15) is 0 Å². The molecule has 646 valence electrons. The van der Waals surface area contributed by atoms with Crippen molar-refractivity contribution in [3.8, 4) is 107 Å². The fourth-order valence-corrected chi connectivity index (χ4v) is 10.8. The third-order valence-corrected chi connectivity index (χ3v) is 17.8. The Morgan fingerprint density at radius 3 is 0.817 bits per heavy atom. The van der Waals surface area contributed by atoms with Crippen LogP contribution in [0.15, 0.2) is 346 Å². The van der Waals surface area contributed by atoms with E-state index in [4.69, 9.17) is 52.1 Å². The van der Waals surface area contributed by atoms with Gasteiger partial charge in [0.2, 0.25) is 0 Å². The highest BCUT2D eigenvalue weighted by atomic mass is 16.6. The van der Waals surface area contributed by atoms with Gasteiger partial charge in [-0.1, -0.05) is 205 Å². The summed E-state index contributed by atoms with van der Waals surface area (Å²) in [7, 11) is 0. The smallest absolute Gasteiger partial charge is 0.349 e. The van der Waals surface area contributed by atoms with Crippen LogP contribution in [0.3, 0.4) is 0 Å². The monoisotopic (exact) mass is 1700 g/mol. The molecule has 10 aromatic rings. The molecule has 0 aromatic heterocycles. The van der Waals surface area contributed by atoms with Crippen LogP contribution in [-0.4, -0.2) is 92.7 Å². The van der Waals surface area contributed by atoms with E-state index in [1.165, 1.54) is 6.92 Å². The zero-order valence-electron chi connectivity index (χ0n) is 72.3. The van der Waals surface area contributed by atoms with E-state index < -0.39 is 66.3 Å². The Kier molecular flexibility index (Phi) is 37.2. The Bertz CT molecular complexity index is 5680. The van der Waals surface area contributed by atoms with Crippen LogP contribution in [0, 0.1) is 12.8 Å². The van der Waals surface area contributed by atoms with Crippen molar-refractivity contribution in [2.75, 3.05) is 33.0 Å². The van der Waals surface area contributed by atoms with E-state index in [2.05, 4.69) is 84.3 Å². The second-order valence-corrected chi connectivity index (χ2v) is 29.3. The molecule has 10 rings (SSSR count). The van der Waals surface area contributed by atoms with Gasteiger partial charge in [0, 0.05) is 56.1 Å². The van der Waals surface area contributed by atoms with E-state index >= 15 is 0 Å². The number of ether oxygens (including phenoxy) is 11. The van der Waals surface area contributed by atoms with Gasteiger partial charge in [-0.05, 0) is 245 Å². The van der Waals surface area contributed by atoms with Gasteiger partial charge in [0.05, 0.1) is 13.2 Å². The van der Waals surface area contributed by atoms with Crippen molar-refractivity contribution >= 4 is 59.7 Å². The van der Waals surface area contributed by atoms with Gasteiger partial charge >= 0.3 is 59.7 Å². The normalized spacial score (nSPS) is 10.2. The zero-order valence-corrected chi connectivity index (χ0v) is 72.3. The van der Waals surface area contributed by atoms with Gasteiger partial charge in [0.25, 0.3) is 0 Å². The summed E-state index contributed by atoms with van der Waals surface area (Å²) >= 11 is 0. The maximum absolute atomic E-state index is 11.8. The molecule has 0 N–H and O–H groups in total. The molecular weight excluding hydrogens is 1600 g/mol. The molecule has 0 unspecified atom stereocenters. The Balaban J connectivity index is 0.000000231. The first-order chi connectivity index (χ1) is 59.9. The minimum Gasteiger partial charge on any atom is -0.490 e. The minimum atomic E-state index is -0.689. The molecule has 0 bridgehead atoms. The van der Waals surface area contributed by atoms with Crippen molar-refractivity contribution in [2.24, 2.45) is 5.92 Å². The first kappa shape index (κ1) is 97.5. The number of carbonyl (C=O) groups excluding carboxylic acids is 10. The molecular formula is C105H100O21. The molecule has 0 amide bonds. The molecule has 126 heavy (non-hydrogen) atoms. The lowest BCUT2D eigenvalue weighted by atomic mass is 9.96. The lowest BCUT2D eigenvalue weighted by Gasteiger charge is -2.18. The summed E-state index contributed by atoms with van der Waals surface area (Å²) in [4.78, 5) is 116. The summed E-state index contributed by atoms with van der Waals surface area (Å²) < 4.78 is 57.1. The van der Waals surface area contributed by atoms with Gasteiger partial charge in [0.15, 0.2) is 6.61 Å². The number of carbonyl (C=O) groups is 10. The van der Waals surface area contributed by atoms with Gasteiger partial charge in [-0.25, -0.2) is 47.9 Å². The molecule has 10 aromatic carbocycles. The molecule has 0 atom stereocenters. The van der Waals surface area contributed by atoms with E-state index in [1.807, 2.05) is 121 Å². The van der Waals surface area contributed by atoms with Crippen LogP contribution in [0.2, 0.25) is 0 Å². The highest BCUT2D eigenvalue weighted by Crippen LogP contribution is 2.34. The fourth-order valence-electron chi connectivity index (χ4n) is 10.8. The predicted molar refractivity (Wildman–Crippen MR) is 487 cm³/mol. The summed E-state index contributed by atoms with van der Waals surface area (Å²) in [5, 5.41) is 0. The molecule has 0 aliphatic heterocycles. The Morgan fingerprint density at radius 1 is 0.254 bits per heavy atom. The van der Waals surface area contributed by atoms with Crippen LogP contribution < -0.4 is 33.2 Å². The largest absolute Gasteiger partial charge is 0.490 e.